The summed E-state index contributed by atoms with van der Waals surface area (Å²) >= 11 is 0. The summed E-state index contributed by atoms with van der Waals surface area (Å²) in [5.41, 5.74) is 18.3. The first kappa shape index (κ1) is 47.7. The average molecular weight is 1050 g/mol. The summed E-state index contributed by atoms with van der Waals surface area (Å²) in [5, 5.41) is 8.63. The number of para-hydroxylation sites is 5. The Morgan fingerprint density at radius 1 is 0.284 bits per heavy atom. The molecular weight excluding hydrogens is 989 g/mol. The summed E-state index contributed by atoms with van der Waals surface area (Å²) in [6.07, 6.45) is 12.3. The van der Waals surface area contributed by atoms with Gasteiger partial charge in [-0.3, -0.25) is 0 Å². The van der Waals surface area contributed by atoms with E-state index < -0.39 is 0 Å². The van der Waals surface area contributed by atoms with Gasteiger partial charge >= 0.3 is 0 Å². The summed E-state index contributed by atoms with van der Waals surface area (Å²) in [6.45, 7) is 0. The van der Waals surface area contributed by atoms with E-state index in [0.29, 0.717) is 11.8 Å². The molecule has 16 rings (SSSR count). The molecule has 0 spiro atoms. The van der Waals surface area contributed by atoms with Crippen LogP contribution in [0.25, 0.3) is 98.8 Å². The van der Waals surface area contributed by atoms with Gasteiger partial charge in [0.25, 0.3) is 0 Å². The predicted octanol–water partition coefficient (Wildman–Crippen LogP) is 22.9. The van der Waals surface area contributed by atoms with Crippen LogP contribution in [0.5, 0.6) is 0 Å². The third kappa shape index (κ3) is 7.96. The van der Waals surface area contributed by atoms with Crippen LogP contribution in [0.4, 0.5) is 34.1 Å². The summed E-state index contributed by atoms with van der Waals surface area (Å²) in [7, 11) is 0. The molecule has 14 aromatic rings. The molecule has 392 valence electrons. The van der Waals surface area contributed by atoms with Crippen LogP contribution >= 0.6 is 0 Å². The minimum absolute atomic E-state index is 0.470. The first-order valence-electron chi connectivity index (χ1n) is 29.4. The van der Waals surface area contributed by atoms with E-state index in [-0.39, 0.29) is 0 Å². The molecule has 0 unspecified atom stereocenters. The Morgan fingerprint density at radius 2 is 0.679 bits per heavy atom. The van der Waals surface area contributed by atoms with Gasteiger partial charge in [-0.2, -0.15) is 0 Å². The number of benzene rings is 11. The van der Waals surface area contributed by atoms with Crippen molar-refractivity contribution in [1.29, 1.82) is 0 Å². The number of nitrogens with zero attached hydrogens (tertiary/aromatic N) is 2. The normalized spacial score (nSPS) is 14.6. The minimum Gasteiger partial charge on any atom is -0.454 e. The first-order chi connectivity index (χ1) is 40.2. The minimum atomic E-state index is 0.470. The van der Waals surface area contributed by atoms with Gasteiger partial charge in [0, 0.05) is 49.1 Å². The van der Waals surface area contributed by atoms with Gasteiger partial charge in [-0.05, 0) is 113 Å². The maximum absolute atomic E-state index is 7.55. The molecule has 2 fully saturated rings. The van der Waals surface area contributed by atoms with Gasteiger partial charge in [0.05, 0.1) is 28.1 Å². The second kappa shape index (κ2) is 19.8. The number of fused-ring (bicyclic) bond motifs is 10. The molecule has 0 aliphatic heterocycles. The Labute approximate surface area is 471 Å². The fraction of sp³-hybridized carbons (Fsp3) is 0.158. The maximum Gasteiger partial charge on any atom is 0.162 e. The molecule has 0 saturated heterocycles. The highest BCUT2D eigenvalue weighted by Gasteiger charge is 2.33. The first-order valence-corrected chi connectivity index (χ1v) is 29.4. The molecule has 0 atom stereocenters. The van der Waals surface area contributed by atoms with E-state index in [1.807, 2.05) is 0 Å². The highest BCUT2D eigenvalue weighted by Crippen LogP contribution is 2.57. The summed E-state index contributed by atoms with van der Waals surface area (Å²) < 4.78 is 22.4. The lowest BCUT2D eigenvalue weighted by Crippen LogP contribution is -2.14. The largest absolute Gasteiger partial charge is 0.454 e. The highest BCUT2D eigenvalue weighted by molar-refractivity contribution is 6.29. The van der Waals surface area contributed by atoms with E-state index in [1.165, 1.54) is 75.3 Å². The molecule has 11 aromatic carbocycles. The van der Waals surface area contributed by atoms with E-state index in [9.17, 15) is 0 Å². The Kier molecular flexibility index (Phi) is 11.6. The molecule has 0 N–H and O–H groups in total. The lowest BCUT2D eigenvalue weighted by atomic mass is 9.83. The molecule has 2 aliphatic rings. The van der Waals surface area contributed by atoms with Crippen molar-refractivity contribution in [2.45, 2.75) is 76.0 Å². The molecule has 5 nitrogen and oxygen atoms in total. The number of hydrogen-bond donors (Lipinski definition) is 0. The van der Waals surface area contributed by atoms with Crippen LogP contribution in [0.15, 0.2) is 244 Å². The summed E-state index contributed by atoms with van der Waals surface area (Å²) in [4.78, 5) is 4.91. The van der Waals surface area contributed by atoms with Gasteiger partial charge < -0.3 is 23.1 Å². The van der Waals surface area contributed by atoms with Gasteiger partial charge in [0.1, 0.15) is 16.7 Å². The fourth-order valence-corrected chi connectivity index (χ4v) is 14.2. The third-order valence-electron chi connectivity index (χ3n) is 18.0. The molecule has 0 radical (unpaired) electrons. The molecule has 5 heteroatoms. The van der Waals surface area contributed by atoms with Crippen molar-refractivity contribution in [2.75, 3.05) is 9.80 Å². The predicted molar refractivity (Wildman–Crippen MR) is 338 cm³/mol. The Bertz CT molecular complexity index is 4690. The van der Waals surface area contributed by atoms with Crippen LogP contribution in [0.3, 0.4) is 0 Å². The number of furan rings is 3. The molecule has 3 aromatic heterocycles. The summed E-state index contributed by atoms with van der Waals surface area (Å²) in [6, 6.07) is 83.9. The maximum atomic E-state index is 7.55. The fourth-order valence-electron chi connectivity index (χ4n) is 14.2. The molecule has 81 heavy (non-hydrogen) atoms. The van der Waals surface area contributed by atoms with E-state index in [0.717, 1.165) is 133 Å². The quantitative estimate of drug-likeness (QED) is 0.128. The molecule has 2 aliphatic carbocycles. The highest BCUT2D eigenvalue weighted by atomic mass is 16.3. The van der Waals surface area contributed by atoms with Gasteiger partial charge in [-0.1, -0.05) is 227 Å². The average Bonchev–Trinajstić information content (AvgIpc) is 4.05. The second-order valence-electron chi connectivity index (χ2n) is 22.7. The second-order valence-corrected chi connectivity index (χ2v) is 22.7. The standard InChI is InChI=1S/C76H60N2O3/c1-5-23-49(24-6-1)53-31-17-33-55(47-53)77(66-44-21-42-63-61-40-19-38-57(72(61)80-74(63)66)51-27-9-3-10-28-51)70-59-35-13-14-36-60(59)71(76-69(70)65-37-15-16-46-68(65)79-76)78(56-34-18-32-54(48-56)50-25-7-2-8-26-50)67-45-22-43-64-62-41-20-39-58(73(62)81-75(64)67)52-29-11-4-12-30-52/h1-2,5-8,13-26,31-48,51-52H,3-4,9-12,27-30H2. The summed E-state index contributed by atoms with van der Waals surface area (Å²) in [5.74, 6) is 0.941. The zero-order chi connectivity index (χ0) is 53.4. The van der Waals surface area contributed by atoms with Crippen LogP contribution < -0.4 is 9.80 Å². The van der Waals surface area contributed by atoms with Gasteiger partial charge in [-0.25, -0.2) is 0 Å². The van der Waals surface area contributed by atoms with Crippen LogP contribution in [0.1, 0.15) is 87.2 Å². The van der Waals surface area contributed by atoms with E-state index in [4.69, 9.17) is 13.3 Å². The SMILES string of the molecule is c1ccc(-c2cccc(N(c3cccc4c3oc3c(C5CCCCC5)cccc34)c3c4ccccc4c(N(c4cccc(-c5ccccc5)c4)c4cccc5c4oc4c(C6CCCCC6)cccc45)c4c3oc3ccccc34)c2)cc1. The molecular formula is C76H60N2O3. The molecule has 3 heterocycles. The smallest absolute Gasteiger partial charge is 0.162 e. The van der Waals surface area contributed by atoms with E-state index in [2.05, 4.69) is 240 Å². The third-order valence-corrected chi connectivity index (χ3v) is 18.0. The number of anilines is 6. The number of rotatable bonds is 10. The zero-order valence-corrected chi connectivity index (χ0v) is 45.3. The van der Waals surface area contributed by atoms with Crippen LogP contribution in [0.2, 0.25) is 0 Å². The monoisotopic (exact) mass is 1050 g/mol. The Balaban J connectivity index is 1.02. The van der Waals surface area contributed by atoms with Crippen molar-refractivity contribution >= 4 is 111 Å². The van der Waals surface area contributed by atoms with Crippen molar-refractivity contribution in [3.63, 3.8) is 0 Å². The lowest BCUT2D eigenvalue weighted by molar-refractivity contribution is 0.442. The number of hydrogen-bond acceptors (Lipinski definition) is 5. The topological polar surface area (TPSA) is 45.9 Å². The Hall–Kier alpha value is -9.32. The van der Waals surface area contributed by atoms with Crippen molar-refractivity contribution in [1.82, 2.24) is 0 Å². The van der Waals surface area contributed by atoms with E-state index >= 15 is 0 Å². The van der Waals surface area contributed by atoms with Gasteiger partial charge in [0.15, 0.2) is 16.7 Å². The van der Waals surface area contributed by atoms with Crippen LogP contribution in [-0.2, 0) is 0 Å². The molecule has 0 amide bonds. The van der Waals surface area contributed by atoms with Crippen LogP contribution in [-0.4, -0.2) is 0 Å². The van der Waals surface area contributed by atoms with Gasteiger partial charge in [0.2, 0.25) is 0 Å². The zero-order valence-electron chi connectivity index (χ0n) is 45.3. The van der Waals surface area contributed by atoms with Crippen molar-refractivity contribution < 1.29 is 13.3 Å². The lowest BCUT2D eigenvalue weighted by Gasteiger charge is -2.31. The molecule has 0 bridgehead atoms. The van der Waals surface area contributed by atoms with Crippen molar-refractivity contribution in [2.24, 2.45) is 0 Å². The van der Waals surface area contributed by atoms with E-state index in [1.54, 1.807) is 0 Å². The molecule has 2 saturated carbocycles. The van der Waals surface area contributed by atoms with Gasteiger partial charge in [-0.15, -0.1) is 0 Å². The van der Waals surface area contributed by atoms with Crippen molar-refractivity contribution in [3.05, 3.63) is 242 Å². The van der Waals surface area contributed by atoms with Crippen LogP contribution in [0, 0.1) is 0 Å². The van der Waals surface area contributed by atoms with Crippen molar-refractivity contribution in [3.8, 4) is 22.3 Å². The Morgan fingerprint density at radius 3 is 1.20 bits per heavy atom.